The Balaban J connectivity index is 1.44. The van der Waals surface area contributed by atoms with Crippen molar-refractivity contribution in [2.24, 2.45) is 0 Å². The number of sulfonamides is 1. The van der Waals surface area contributed by atoms with Crippen LogP contribution >= 0.6 is 0 Å². The molecule has 0 spiro atoms. The minimum absolute atomic E-state index is 0.260. The molecule has 1 amide bonds. The first-order chi connectivity index (χ1) is 14.9. The van der Waals surface area contributed by atoms with Gasteiger partial charge in [0.05, 0.1) is 28.7 Å². The fourth-order valence-corrected chi connectivity index (χ4v) is 4.89. The second kappa shape index (κ2) is 7.24. The summed E-state index contributed by atoms with van der Waals surface area (Å²) in [6.07, 6.45) is 1.77. The summed E-state index contributed by atoms with van der Waals surface area (Å²) in [7, 11) is -3.32. The van der Waals surface area contributed by atoms with Gasteiger partial charge in [-0.25, -0.2) is 13.4 Å². The lowest BCUT2D eigenvalue weighted by atomic mass is 10.1. The van der Waals surface area contributed by atoms with E-state index < -0.39 is 10.0 Å². The van der Waals surface area contributed by atoms with Crippen molar-refractivity contribution in [1.29, 1.82) is 0 Å². The summed E-state index contributed by atoms with van der Waals surface area (Å²) in [5.41, 5.74) is 5.18. The number of imidazole rings is 1. The van der Waals surface area contributed by atoms with Crippen molar-refractivity contribution in [1.82, 2.24) is 9.97 Å². The SMILES string of the molecule is CS(=O)(=O)N1CCc2cc(C(=O)Nc3ccccc3-c3nc4ccccc4[nH]3)ccc21. The maximum Gasteiger partial charge on any atom is 0.255 e. The zero-order valence-corrected chi connectivity index (χ0v) is 17.6. The number of hydrogen-bond acceptors (Lipinski definition) is 4. The van der Waals surface area contributed by atoms with Crippen molar-refractivity contribution < 1.29 is 13.2 Å². The normalized spacial score (nSPS) is 13.4. The van der Waals surface area contributed by atoms with Gasteiger partial charge in [0.1, 0.15) is 5.82 Å². The van der Waals surface area contributed by atoms with Crippen LogP contribution in [0.1, 0.15) is 15.9 Å². The first kappa shape index (κ1) is 19.3. The highest BCUT2D eigenvalue weighted by molar-refractivity contribution is 7.92. The number of hydrogen-bond donors (Lipinski definition) is 2. The first-order valence-electron chi connectivity index (χ1n) is 9.86. The third-order valence-electron chi connectivity index (χ3n) is 5.41. The Morgan fingerprint density at radius 3 is 2.65 bits per heavy atom. The molecule has 0 aliphatic carbocycles. The fourth-order valence-electron chi connectivity index (χ4n) is 3.93. The molecule has 0 saturated carbocycles. The molecule has 7 nitrogen and oxygen atoms in total. The van der Waals surface area contributed by atoms with E-state index in [9.17, 15) is 13.2 Å². The molecule has 156 valence electrons. The van der Waals surface area contributed by atoms with E-state index in [4.69, 9.17) is 0 Å². The molecule has 0 atom stereocenters. The van der Waals surface area contributed by atoms with Crippen molar-refractivity contribution in [3.05, 3.63) is 77.9 Å². The number of aromatic amines is 1. The molecule has 3 aromatic carbocycles. The largest absolute Gasteiger partial charge is 0.338 e. The molecule has 8 heteroatoms. The number of carbonyl (C=O) groups excluding carboxylic acids is 1. The van der Waals surface area contributed by atoms with Crippen LogP contribution in [0.2, 0.25) is 0 Å². The van der Waals surface area contributed by atoms with Gasteiger partial charge in [-0.05, 0) is 54.4 Å². The van der Waals surface area contributed by atoms with E-state index in [-0.39, 0.29) is 5.91 Å². The summed E-state index contributed by atoms with van der Waals surface area (Å²) in [6, 6.07) is 20.4. The monoisotopic (exact) mass is 432 g/mol. The smallest absolute Gasteiger partial charge is 0.255 e. The van der Waals surface area contributed by atoms with Gasteiger partial charge < -0.3 is 10.3 Å². The van der Waals surface area contributed by atoms with E-state index in [1.165, 1.54) is 10.6 Å². The molecule has 0 radical (unpaired) electrons. The molecule has 0 saturated heterocycles. The fraction of sp³-hybridized carbons (Fsp3) is 0.130. The highest BCUT2D eigenvalue weighted by Gasteiger charge is 2.27. The Labute approximate surface area is 179 Å². The van der Waals surface area contributed by atoms with Gasteiger partial charge >= 0.3 is 0 Å². The predicted molar refractivity (Wildman–Crippen MR) is 122 cm³/mol. The molecule has 1 aliphatic rings. The number of carbonyl (C=O) groups is 1. The average molecular weight is 433 g/mol. The van der Waals surface area contributed by atoms with Gasteiger partial charge in [-0.15, -0.1) is 0 Å². The molecular formula is C23H20N4O3S. The van der Waals surface area contributed by atoms with Crippen LogP contribution in [0.3, 0.4) is 0 Å². The van der Waals surface area contributed by atoms with Crippen molar-refractivity contribution in [2.75, 3.05) is 22.4 Å². The summed E-state index contributed by atoms with van der Waals surface area (Å²) in [6.45, 7) is 0.397. The minimum Gasteiger partial charge on any atom is -0.338 e. The Bertz CT molecular complexity index is 1390. The number of H-pyrrole nitrogens is 1. The van der Waals surface area contributed by atoms with Crippen molar-refractivity contribution in [3.63, 3.8) is 0 Å². The van der Waals surface area contributed by atoms with Crippen LogP contribution < -0.4 is 9.62 Å². The van der Waals surface area contributed by atoms with Gasteiger partial charge in [0.25, 0.3) is 5.91 Å². The topological polar surface area (TPSA) is 95.2 Å². The number of benzene rings is 3. The highest BCUT2D eigenvalue weighted by atomic mass is 32.2. The molecular weight excluding hydrogens is 412 g/mol. The van der Waals surface area contributed by atoms with E-state index in [1.54, 1.807) is 18.2 Å². The van der Waals surface area contributed by atoms with Gasteiger partial charge in [0.2, 0.25) is 10.0 Å². The molecule has 5 rings (SSSR count). The van der Waals surface area contributed by atoms with Crippen molar-refractivity contribution >= 4 is 38.3 Å². The molecule has 0 bridgehead atoms. The summed E-state index contributed by atoms with van der Waals surface area (Å²) >= 11 is 0. The van der Waals surface area contributed by atoms with E-state index in [2.05, 4.69) is 15.3 Å². The number of nitrogens with one attached hydrogen (secondary N) is 2. The maximum absolute atomic E-state index is 13.0. The quantitative estimate of drug-likeness (QED) is 0.513. The number of aromatic nitrogens is 2. The Hall–Kier alpha value is -3.65. The minimum atomic E-state index is -3.32. The molecule has 4 aromatic rings. The molecule has 31 heavy (non-hydrogen) atoms. The van der Waals surface area contributed by atoms with Crippen molar-refractivity contribution in [2.45, 2.75) is 6.42 Å². The van der Waals surface area contributed by atoms with Gasteiger partial charge in [0.15, 0.2) is 0 Å². The van der Waals surface area contributed by atoms with Crippen LogP contribution in [-0.4, -0.2) is 37.1 Å². The number of anilines is 2. The average Bonchev–Trinajstić information content (AvgIpc) is 3.37. The summed E-state index contributed by atoms with van der Waals surface area (Å²) < 4.78 is 25.2. The van der Waals surface area contributed by atoms with Crippen LogP contribution in [0.25, 0.3) is 22.4 Å². The van der Waals surface area contributed by atoms with E-state index in [0.717, 1.165) is 22.2 Å². The third kappa shape index (κ3) is 3.55. The summed E-state index contributed by atoms with van der Waals surface area (Å²) in [4.78, 5) is 20.9. The van der Waals surface area contributed by atoms with Crippen LogP contribution in [0, 0.1) is 0 Å². The first-order valence-corrected chi connectivity index (χ1v) is 11.7. The second-order valence-corrected chi connectivity index (χ2v) is 9.44. The number of amides is 1. The summed E-state index contributed by atoms with van der Waals surface area (Å²) in [5, 5.41) is 2.97. The van der Waals surface area contributed by atoms with Gasteiger partial charge in [0, 0.05) is 17.7 Å². The Kier molecular flexibility index (Phi) is 4.51. The second-order valence-electron chi connectivity index (χ2n) is 7.53. The third-order valence-corrected chi connectivity index (χ3v) is 6.59. The van der Waals surface area contributed by atoms with E-state index in [1.807, 2.05) is 48.5 Å². The lowest BCUT2D eigenvalue weighted by molar-refractivity contribution is 0.102. The Morgan fingerprint density at radius 1 is 1.06 bits per heavy atom. The van der Waals surface area contributed by atoms with Crippen LogP contribution in [0.5, 0.6) is 0 Å². The number of para-hydroxylation sites is 3. The molecule has 1 aliphatic heterocycles. The highest BCUT2D eigenvalue weighted by Crippen LogP contribution is 2.32. The number of fused-ring (bicyclic) bond motifs is 2. The van der Waals surface area contributed by atoms with Crippen LogP contribution in [0.15, 0.2) is 66.7 Å². The Morgan fingerprint density at radius 2 is 1.84 bits per heavy atom. The van der Waals surface area contributed by atoms with Gasteiger partial charge in [-0.2, -0.15) is 0 Å². The molecule has 2 N–H and O–H groups in total. The van der Waals surface area contributed by atoms with Crippen molar-refractivity contribution in [3.8, 4) is 11.4 Å². The molecule has 0 fully saturated rings. The predicted octanol–water partition coefficient (Wildman–Crippen LogP) is 3.80. The number of rotatable bonds is 4. The van der Waals surface area contributed by atoms with Gasteiger partial charge in [-0.1, -0.05) is 24.3 Å². The lowest BCUT2D eigenvalue weighted by Gasteiger charge is -2.16. The van der Waals surface area contributed by atoms with Crippen LogP contribution in [-0.2, 0) is 16.4 Å². The zero-order chi connectivity index (χ0) is 21.6. The van der Waals surface area contributed by atoms with Crippen LogP contribution in [0.4, 0.5) is 11.4 Å². The van der Waals surface area contributed by atoms with E-state index >= 15 is 0 Å². The molecule has 1 aromatic heterocycles. The maximum atomic E-state index is 13.0. The molecule has 2 heterocycles. The molecule has 0 unspecified atom stereocenters. The standard InChI is InChI=1S/C23H20N4O3S/c1-31(29,30)27-13-12-15-14-16(10-11-21(15)27)23(28)26-18-7-3-2-6-17(18)22-24-19-8-4-5-9-20(19)25-22/h2-11,14H,12-13H2,1H3,(H,24,25)(H,26,28). The zero-order valence-electron chi connectivity index (χ0n) is 16.8. The number of nitrogens with zero attached hydrogens (tertiary/aromatic N) is 2. The lowest BCUT2D eigenvalue weighted by Crippen LogP contribution is -2.27. The van der Waals surface area contributed by atoms with E-state index in [0.29, 0.717) is 35.7 Å². The van der Waals surface area contributed by atoms with Gasteiger partial charge in [-0.3, -0.25) is 9.10 Å². The summed E-state index contributed by atoms with van der Waals surface area (Å²) in [5.74, 6) is 0.416.